The number of benzene rings is 1. The molecule has 1 aliphatic rings. The number of nitrogens with one attached hydrogen (secondary N) is 1. The monoisotopic (exact) mass is 365 g/mol. The summed E-state index contributed by atoms with van der Waals surface area (Å²) in [6.45, 7) is 1.34. The number of carbonyl (C=O) groups excluding carboxylic acids is 1. The van der Waals surface area contributed by atoms with Crippen LogP contribution < -0.4 is 5.32 Å². The van der Waals surface area contributed by atoms with Gasteiger partial charge in [-0.05, 0) is 53.6 Å². The van der Waals surface area contributed by atoms with Crippen molar-refractivity contribution in [3.05, 3.63) is 26.8 Å². The maximum Gasteiger partial charge on any atom is 0.227 e. The Morgan fingerprint density at radius 2 is 2.12 bits per heavy atom. The summed E-state index contributed by atoms with van der Waals surface area (Å²) in [5, 5.41) is 3.56. The lowest BCUT2D eigenvalue weighted by molar-refractivity contribution is -0.122. The first-order chi connectivity index (χ1) is 8.16. The van der Waals surface area contributed by atoms with Crippen molar-refractivity contribution in [1.82, 2.24) is 0 Å². The summed E-state index contributed by atoms with van der Waals surface area (Å²) in [7, 11) is 0. The van der Waals surface area contributed by atoms with E-state index in [-0.39, 0.29) is 11.8 Å². The summed E-state index contributed by atoms with van der Waals surface area (Å²) in [6, 6.07) is 5.54. The molecule has 0 aromatic heterocycles. The molecule has 1 N–H and O–H groups in total. The van der Waals surface area contributed by atoms with Crippen LogP contribution in [0.15, 0.2) is 18.2 Å². The van der Waals surface area contributed by atoms with Gasteiger partial charge in [-0.15, -0.1) is 0 Å². The molecule has 2 rings (SSSR count). The zero-order valence-corrected chi connectivity index (χ0v) is 12.1. The average molecular weight is 366 g/mol. The molecule has 0 bridgehead atoms. The quantitative estimate of drug-likeness (QED) is 0.817. The van der Waals surface area contributed by atoms with E-state index in [1.54, 1.807) is 6.07 Å². The minimum atomic E-state index is 0.0572. The molecule has 1 heterocycles. The van der Waals surface area contributed by atoms with Crippen molar-refractivity contribution in [3.63, 3.8) is 0 Å². The first kappa shape index (κ1) is 13.1. The third-order valence-corrected chi connectivity index (χ3v) is 4.35. The summed E-state index contributed by atoms with van der Waals surface area (Å²) >= 11 is 8.16. The molecule has 0 spiro atoms. The van der Waals surface area contributed by atoms with E-state index in [9.17, 15) is 4.79 Å². The second-order valence-electron chi connectivity index (χ2n) is 4.00. The molecule has 0 atom stereocenters. The second kappa shape index (κ2) is 6.02. The number of carbonyl (C=O) groups is 1. The highest BCUT2D eigenvalue weighted by atomic mass is 127. The zero-order chi connectivity index (χ0) is 12.3. The highest BCUT2D eigenvalue weighted by molar-refractivity contribution is 14.1. The topological polar surface area (TPSA) is 38.3 Å². The van der Waals surface area contributed by atoms with Crippen molar-refractivity contribution in [1.29, 1.82) is 0 Å². The van der Waals surface area contributed by atoms with Crippen LogP contribution in [0.2, 0.25) is 5.02 Å². The average Bonchev–Trinajstić information content (AvgIpc) is 2.35. The molecule has 1 amide bonds. The molecular weight excluding hydrogens is 352 g/mol. The maximum atomic E-state index is 12.0. The molecule has 1 fully saturated rings. The molecule has 1 aliphatic heterocycles. The molecule has 0 saturated carbocycles. The van der Waals surface area contributed by atoms with Gasteiger partial charge in [0.2, 0.25) is 5.91 Å². The standard InChI is InChI=1S/C12H13ClINO2/c13-10-7-9(1-2-11(10)14)15-12(16)8-3-5-17-6-4-8/h1-2,7-8H,3-6H2,(H,15,16). The van der Waals surface area contributed by atoms with Gasteiger partial charge >= 0.3 is 0 Å². The summed E-state index contributed by atoms with van der Waals surface area (Å²) < 4.78 is 6.21. The molecule has 1 aromatic carbocycles. The van der Waals surface area contributed by atoms with Crippen LogP contribution in [0.1, 0.15) is 12.8 Å². The van der Waals surface area contributed by atoms with Gasteiger partial charge in [0.25, 0.3) is 0 Å². The zero-order valence-electron chi connectivity index (χ0n) is 9.21. The first-order valence-electron chi connectivity index (χ1n) is 5.50. The van der Waals surface area contributed by atoms with Gasteiger partial charge in [0.05, 0.1) is 5.02 Å². The molecule has 1 saturated heterocycles. The Labute approximate surface area is 119 Å². The number of halogens is 2. The Hall–Kier alpha value is -0.330. The molecule has 0 unspecified atom stereocenters. The van der Waals surface area contributed by atoms with Gasteiger partial charge in [0, 0.05) is 28.4 Å². The van der Waals surface area contributed by atoms with Gasteiger partial charge in [0.1, 0.15) is 0 Å². The van der Waals surface area contributed by atoms with Crippen LogP contribution in [0, 0.1) is 9.49 Å². The van der Waals surface area contributed by atoms with Gasteiger partial charge in [-0.3, -0.25) is 4.79 Å². The van der Waals surface area contributed by atoms with Gasteiger partial charge < -0.3 is 10.1 Å². The van der Waals surface area contributed by atoms with Crippen LogP contribution in [0.3, 0.4) is 0 Å². The van der Waals surface area contributed by atoms with Crippen molar-refractivity contribution >= 4 is 45.8 Å². The Balaban J connectivity index is 1.99. The van der Waals surface area contributed by atoms with Crippen LogP contribution in [0.4, 0.5) is 5.69 Å². The predicted molar refractivity (Wildman–Crippen MR) is 76.3 cm³/mol. The normalized spacial score (nSPS) is 16.8. The van der Waals surface area contributed by atoms with Crippen molar-refractivity contribution < 1.29 is 9.53 Å². The third-order valence-electron chi connectivity index (χ3n) is 2.78. The molecule has 5 heteroatoms. The Morgan fingerprint density at radius 3 is 2.76 bits per heavy atom. The van der Waals surface area contributed by atoms with Crippen molar-refractivity contribution in [3.8, 4) is 0 Å². The summed E-state index contributed by atoms with van der Waals surface area (Å²) in [5.41, 5.74) is 0.756. The predicted octanol–water partition coefficient (Wildman–Crippen LogP) is 3.31. The summed E-state index contributed by atoms with van der Waals surface area (Å²) in [6.07, 6.45) is 1.59. The Morgan fingerprint density at radius 1 is 1.41 bits per heavy atom. The van der Waals surface area contributed by atoms with E-state index in [1.807, 2.05) is 12.1 Å². The molecule has 92 valence electrons. The minimum Gasteiger partial charge on any atom is -0.381 e. The molecule has 1 aromatic rings. The number of anilines is 1. The van der Waals surface area contributed by atoms with Gasteiger partial charge in [0.15, 0.2) is 0 Å². The smallest absolute Gasteiger partial charge is 0.227 e. The number of hydrogen-bond donors (Lipinski definition) is 1. The summed E-state index contributed by atoms with van der Waals surface area (Å²) in [5.74, 6) is 0.118. The molecule has 0 aliphatic carbocycles. The van der Waals surface area contributed by atoms with E-state index in [0.717, 1.165) is 22.1 Å². The SMILES string of the molecule is O=C(Nc1ccc(I)c(Cl)c1)C1CCOCC1. The van der Waals surface area contributed by atoms with E-state index in [2.05, 4.69) is 27.9 Å². The number of hydrogen-bond acceptors (Lipinski definition) is 2. The van der Waals surface area contributed by atoms with E-state index in [0.29, 0.717) is 18.2 Å². The lowest BCUT2D eigenvalue weighted by atomic mass is 9.99. The van der Waals surface area contributed by atoms with Gasteiger partial charge in [-0.1, -0.05) is 11.6 Å². The molecule has 3 nitrogen and oxygen atoms in total. The minimum absolute atomic E-state index is 0.0572. The third kappa shape index (κ3) is 3.56. The fourth-order valence-corrected chi connectivity index (χ4v) is 2.29. The first-order valence-corrected chi connectivity index (χ1v) is 6.96. The molecule has 0 radical (unpaired) electrons. The Kier molecular flexibility index (Phi) is 4.64. The van der Waals surface area contributed by atoms with E-state index in [4.69, 9.17) is 16.3 Å². The van der Waals surface area contributed by atoms with Crippen molar-refractivity contribution in [2.75, 3.05) is 18.5 Å². The largest absolute Gasteiger partial charge is 0.381 e. The highest BCUT2D eigenvalue weighted by Gasteiger charge is 2.21. The number of amides is 1. The van der Waals surface area contributed by atoms with E-state index >= 15 is 0 Å². The maximum absolute atomic E-state index is 12.0. The van der Waals surface area contributed by atoms with Crippen LogP contribution in [0.5, 0.6) is 0 Å². The lowest BCUT2D eigenvalue weighted by Gasteiger charge is -2.21. The Bertz CT molecular complexity index is 419. The summed E-state index contributed by atoms with van der Waals surface area (Å²) in [4.78, 5) is 12.0. The second-order valence-corrected chi connectivity index (χ2v) is 5.57. The van der Waals surface area contributed by atoms with Crippen LogP contribution >= 0.6 is 34.2 Å². The number of ether oxygens (including phenoxy) is 1. The molecular formula is C12H13ClINO2. The molecule has 17 heavy (non-hydrogen) atoms. The van der Waals surface area contributed by atoms with E-state index < -0.39 is 0 Å². The van der Waals surface area contributed by atoms with Crippen molar-refractivity contribution in [2.45, 2.75) is 12.8 Å². The van der Waals surface area contributed by atoms with Crippen LogP contribution in [-0.2, 0) is 9.53 Å². The van der Waals surface area contributed by atoms with Crippen molar-refractivity contribution in [2.24, 2.45) is 5.92 Å². The van der Waals surface area contributed by atoms with Gasteiger partial charge in [-0.2, -0.15) is 0 Å². The number of rotatable bonds is 2. The van der Waals surface area contributed by atoms with Crippen LogP contribution in [-0.4, -0.2) is 19.1 Å². The lowest BCUT2D eigenvalue weighted by Crippen LogP contribution is -2.28. The fourth-order valence-electron chi connectivity index (χ4n) is 1.78. The van der Waals surface area contributed by atoms with Crippen LogP contribution in [0.25, 0.3) is 0 Å². The highest BCUT2D eigenvalue weighted by Crippen LogP contribution is 2.23. The fraction of sp³-hybridized carbons (Fsp3) is 0.417. The van der Waals surface area contributed by atoms with Gasteiger partial charge in [-0.25, -0.2) is 0 Å². The van der Waals surface area contributed by atoms with E-state index in [1.165, 1.54) is 0 Å².